The summed E-state index contributed by atoms with van der Waals surface area (Å²) in [6.07, 6.45) is 0. The minimum absolute atomic E-state index is 0.320. The second-order valence-corrected chi connectivity index (χ2v) is 8.64. The van der Waals surface area contributed by atoms with Crippen LogP contribution in [0.5, 0.6) is 0 Å². The summed E-state index contributed by atoms with van der Waals surface area (Å²) in [6.45, 7) is 4.54. The molecule has 1 saturated heterocycles. The molecule has 3 aromatic rings. The molecule has 2 heterocycles. The highest BCUT2D eigenvalue weighted by atomic mass is 32.2. The molecule has 0 radical (unpaired) electrons. The van der Waals surface area contributed by atoms with E-state index in [9.17, 15) is 8.42 Å². The van der Waals surface area contributed by atoms with E-state index in [1.165, 1.54) is 3.97 Å². The van der Waals surface area contributed by atoms with Crippen LogP contribution < -0.4 is 0 Å². The molecule has 5 nitrogen and oxygen atoms in total. The van der Waals surface area contributed by atoms with Crippen LogP contribution >= 0.6 is 0 Å². The van der Waals surface area contributed by atoms with Gasteiger partial charge in [-0.2, -0.15) is 0 Å². The van der Waals surface area contributed by atoms with E-state index in [1.807, 2.05) is 36.4 Å². The van der Waals surface area contributed by atoms with Gasteiger partial charge in [0.2, 0.25) is 0 Å². The molecule has 136 valence electrons. The molecule has 0 N–H and O–H groups in total. The van der Waals surface area contributed by atoms with Crippen molar-refractivity contribution in [3.8, 4) is 0 Å². The molecule has 0 aliphatic carbocycles. The predicted octanol–water partition coefficient (Wildman–Crippen LogP) is 2.63. The van der Waals surface area contributed by atoms with Crippen LogP contribution in [0.4, 0.5) is 0 Å². The fourth-order valence-electron chi connectivity index (χ4n) is 3.51. The van der Waals surface area contributed by atoms with E-state index >= 15 is 0 Å². The number of hydrogen-bond acceptors (Lipinski definition) is 4. The van der Waals surface area contributed by atoms with Crippen LogP contribution in [0.3, 0.4) is 0 Å². The third-order valence-electron chi connectivity index (χ3n) is 5.00. The first kappa shape index (κ1) is 17.3. The fraction of sp³-hybridized carbons (Fsp3) is 0.300. The molecule has 1 fully saturated rings. The van der Waals surface area contributed by atoms with Crippen LogP contribution in [0.25, 0.3) is 10.9 Å². The number of likely N-dealkylation sites (N-methyl/N-ethyl adjacent to an activating group) is 1. The van der Waals surface area contributed by atoms with E-state index < -0.39 is 10.0 Å². The highest BCUT2D eigenvalue weighted by molar-refractivity contribution is 7.90. The van der Waals surface area contributed by atoms with Gasteiger partial charge in [0.05, 0.1) is 10.4 Å². The lowest BCUT2D eigenvalue weighted by Crippen LogP contribution is -2.44. The standard InChI is InChI=1S/C20H23N3O2S/c1-21-11-13-22(14-12-21)16-18-15-17-7-5-6-10-20(17)23(18)26(24,25)19-8-3-2-4-9-19/h2-10,15H,11-14,16H2,1H3. The number of aromatic nitrogens is 1. The summed E-state index contributed by atoms with van der Waals surface area (Å²) < 4.78 is 28.2. The molecule has 26 heavy (non-hydrogen) atoms. The van der Waals surface area contributed by atoms with Crippen molar-refractivity contribution >= 4 is 20.9 Å². The Bertz CT molecular complexity index is 1000. The first-order valence-corrected chi connectivity index (χ1v) is 10.3. The number of benzene rings is 2. The van der Waals surface area contributed by atoms with Gasteiger partial charge >= 0.3 is 0 Å². The molecular weight excluding hydrogens is 346 g/mol. The highest BCUT2D eigenvalue weighted by Crippen LogP contribution is 2.26. The Labute approximate surface area is 154 Å². The number of rotatable bonds is 4. The first-order chi connectivity index (χ1) is 12.6. The predicted molar refractivity (Wildman–Crippen MR) is 104 cm³/mol. The topological polar surface area (TPSA) is 45.5 Å². The molecule has 0 amide bonds. The SMILES string of the molecule is CN1CCN(Cc2cc3ccccc3n2S(=O)(=O)c2ccccc2)CC1. The van der Waals surface area contributed by atoms with Crippen molar-refractivity contribution in [1.82, 2.24) is 13.8 Å². The lowest BCUT2D eigenvalue weighted by molar-refractivity contribution is 0.147. The number of hydrogen-bond donors (Lipinski definition) is 0. The summed E-state index contributed by atoms with van der Waals surface area (Å²) in [7, 11) is -1.52. The molecule has 6 heteroatoms. The Morgan fingerprint density at radius 3 is 2.27 bits per heavy atom. The van der Waals surface area contributed by atoms with E-state index in [2.05, 4.69) is 16.8 Å². The van der Waals surface area contributed by atoms with Gasteiger partial charge in [-0.05, 0) is 31.3 Å². The van der Waals surface area contributed by atoms with E-state index in [0.717, 1.165) is 42.8 Å². The van der Waals surface area contributed by atoms with Gasteiger partial charge in [-0.25, -0.2) is 12.4 Å². The van der Waals surface area contributed by atoms with Crippen molar-refractivity contribution in [1.29, 1.82) is 0 Å². The van der Waals surface area contributed by atoms with E-state index in [0.29, 0.717) is 11.4 Å². The molecule has 0 saturated carbocycles. The van der Waals surface area contributed by atoms with Gasteiger partial charge in [-0.3, -0.25) is 4.90 Å². The summed E-state index contributed by atoms with van der Waals surface area (Å²) in [4.78, 5) is 4.94. The maximum absolute atomic E-state index is 13.4. The Balaban J connectivity index is 1.80. The fourth-order valence-corrected chi connectivity index (χ4v) is 5.07. The van der Waals surface area contributed by atoms with Crippen LogP contribution in [-0.4, -0.2) is 55.4 Å². The van der Waals surface area contributed by atoms with Crippen molar-refractivity contribution < 1.29 is 8.42 Å². The maximum Gasteiger partial charge on any atom is 0.268 e. The first-order valence-electron chi connectivity index (χ1n) is 8.86. The Morgan fingerprint density at radius 2 is 1.54 bits per heavy atom. The maximum atomic E-state index is 13.4. The zero-order valence-electron chi connectivity index (χ0n) is 14.9. The van der Waals surface area contributed by atoms with Crippen molar-refractivity contribution in [3.05, 3.63) is 66.4 Å². The molecule has 0 spiro atoms. The molecule has 0 unspecified atom stereocenters. The monoisotopic (exact) mass is 369 g/mol. The molecule has 4 rings (SSSR count). The average molecular weight is 369 g/mol. The smallest absolute Gasteiger partial charge is 0.268 e. The molecule has 1 aromatic heterocycles. The van der Waals surface area contributed by atoms with Crippen LogP contribution in [0.2, 0.25) is 0 Å². The zero-order valence-corrected chi connectivity index (χ0v) is 15.7. The van der Waals surface area contributed by atoms with E-state index in [1.54, 1.807) is 24.3 Å². The number of nitrogens with zero attached hydrogens (tertiary/aromatic N) is 3. The quantitative estimate of drug-likeness (QED) is 0.709. The minimum Gasteiger partial charge on any atom is -0.304 e. The number of fused-ring (bicyclic) bond motifs is 1. The third-order valence-corrected chi connectivity index (χ3v) is 6.78. The Kier molecular flexibility index (Phi) is 4.56. The minimum atomic E-state index is -3.63. The molecule has 0 bridgehead atoms. The number of para-hydroxylation sites is 1. The summed E-state index contributed by atoms with van der Waals surface area (Å²) >= 11 is 0. The van der Waals surface area contributed by atoms with Crippen LogP contribution in [0.15, 0.2) is 65.6 Å². The second kappa shape index (κ2) is 6.87. The van der Waals surface area contributed by atoms with E-state index in [4.69, 9.17) is 0 Å². The normalized spacial score (nSPS) is 17.0. The van der Waals surface area contributed by atoms with Crippen LogP contribution in [0, 0.1) is 0 Å². The van der Waals surface area contributed by atoms with Crippen molar-refractivity contribution in [3.63, 3.8) is 0 Å². The Hall–Kier alpha value is -2.15. The summed E-state index contributed by atoms with van der Waals surface area (Å²) in [5.74, 6) is 0. The molecule has 2 aromatic carbocycles. The van der Waals surface area contributed by atoms with Crippen molar-refractivity contribution in [2.24, 2.45) is 0 Å². The highest BCUT2D eigenvalue weighted by Gasteiger charge is 2.24. The van der Waals surface area contributed by atoms with Crippen LogP contribution in [-0.2, 0) is 16.6 Å². The Morgan fingerprint density at radius 1 is 0.885 bits per heavy atom. The van der Waals surface area contributed by atoms with Gasteiger partial charge in [-0.1, -0.05) is 36.4 Å². The lowest BCUT2D eigenvalue weighted by atomic mass is 10.2. The molecular formula is C20H23N3O2S. The third kappa shape index (κ3) is 3.16. The molecule has 1 aliphatic heterocycles. The van der Waals surface area contributed by atoms with Gasteiger partial charge in [0, 0.05) is 43.8 Å². The zero-order chi connectivity index (χ0) is 18.1. The van der Waals surface area contributed by atoms with Crippen molar-refractivity contribution in [2.75, 3.05) is 33.2 Å². The lowest BCUT2D eigenvalue weighted by Gasteiger charge is -2.32. The summed E-state index contributed by atoms with van der Waals surface area (Å²) in [5, 5.41) is 0.955. The summed E-state index contributed by atoms with van der Waals surface area (Å²) in [5.41, 5.74) is 1.56. The van der Waals surface area contributed by atoms with Crippen molar-refractivity contribution in [2.45, 2.75) is 11.4 Å². The van der Waals surface area contributed by atoms with E-state index in [-0.39, 0.29) is 0 Å². The molecule has 1 aliphatic rings. The summed E-state index contributed by atoms with van der Waals surface area (Å²) in [6, 6.07) is 18.4. The van der Waals surface area contributed by atoms with Gasteiger partial charge in [0.25, 0.3) is 10.0 Å². The van der Waals surface area contributed by atoms with Gasteiger partial charge in [0.15, 0.2) is 0 Å². The van der Waals surface area contributed by atoms with Gasteiger partial charge in [0.1, 0.15) is 0 Å². The average Bonchev–Trinajstić information content (AvgIpc) is 3.03. The largest absolute Gasteiger partial charge is 0.304 e. The van der Waals surface area contributed by atoms with Crippen LogP contribution in [0.1, 0.15) is 5.69 Å². The second-order valence-electron chi connectivity index (χ2n) is 6.86. The molecule has 0 atom stereocenters. The van der Waals surface area contributed by atoms with Gasteiger partial charge in [-0.15, -0.1) is 0 Å². The van der Waals surface area contributed by atoms with Gasteiger partial charge < -0.3 is 4.90 Å². The number of piperazine rings is 1.